The number of rotatable bonds is 3. The Hall–Kier alpha value is -2.37. The molecule has 0 saturated heterocycles. The number of fused-ring (bicyclic) bond motifs is 3. The molecule has 0 aliphatic rings. The first-order valence-electron chi connectivity index (χ1n) is 6.72. The summed E-state index contributed by atoms with van der Waals surface area (Å²) in [5.41, 5.74) is 0.678. The van der Waals surface area contributed by atoms with Gasteiger partial charge in [-0.05, 0) is 18.2 Å². The molecule has 4 rings (SSSR count). The molecule has 0 atom stereocenters. The van der Waals surface area contributed by atoms with Gasteiger partial charge in [0.25, 0.3) is 15.9 Å². The molecule has 128 valence electrons. The maximum Gasteiger partial charge on any atom is 0.275 e. The smallest absolute Gasteiger partial charge is 0.275 e. The zero-order valence-corrected chi connectivity index (χ0v) is 14.5. The summed E-state index contributed by atoms with van der Waals surface area (Å²) in [5.74, 6) is -3.10. The van der Waals surface area contributed by atoms with Gasteiger partial charge in [0.15, 0.2) is 4.96 Å². The van der Waals surface area contributed by atoms with Crippen LogP contribution in [0.3, 0.4) is 0 Å². The summed E-state index contributed by atoms with van der Waals surface area (Å²) in [4.78, 5) is 17.2. The molecule has 1 N–H and O–H groups in total. The summed E-state index contributed by atoms with van der Waals surface area (Å²) in [6.45, 7) is 0. The standard InChI is InChI=1S/C14H7F2N3O3S3/c15-7-1-2-11(8(16)5-7)25(21,22)18-12(20)10-6-9-13(24-10)17-14-19(9)3-4-23-14/h1-6H,(H,18,20). The van der Waals surface area contributed by atoms with E-state index in [9.17, 15) is 22.0 Å². The predicted molar refractivity (Wildman–Crippen MR) is 89.5 cm³/mol. The number of nitrogens with zero attached hydrogens (tertiary/aromatic N) is 2. The van der Waals surface area contributed by atoms with Crippen molar-refractivity contribution in [1.82, 2.24) is 14.1 Å². The molecule has 1 amide bonds. The molecule has 25 heavy (non-hydrogen) atoms. The number of hydrogen-bond acceptors (Lipinski definition) is 6. The number of carbonyl (C=O) groups excluding carboxylic acids is 1. The van der Waals surface area contributed by atoms with E-state index >= 15 is 0 Å². The first kappa shape index (κ1) is 16.1. The molecule has 4 aromatic rings. The topological polar surface area (TPSA) is 80.5 Å². The Morgan fingerprint density at radius 3 is 2.80 bits per heavy atom. The van der Waals surface area contributed by atoms with E-state index in [4.69, 9.17) is 0 Å². The Morgan fingerprint density at radius 2 is 2.04 bits per heavy atom. The zero-order valence-electron chi connectivity index (χ0n) is 12.1. The number of aromatic nitrogens is 2. The van der Waals surface area contributed by atoms with Crippen LogP contribution in [0.5, 0.6) is 0 Å². The summed E-state index contributed by atoms with van der Waals surface area (Å²) in [6, 6.07) is 3.51. The molecule has 1 aromatic carbocycles. The van der Waals surface area contributed by atoms with Crippen LogP contribution in [-0.4, -0.2) is 23.7 Å². The Balaban J connectivity index is 1.67. The second-order valence-corrected chi connectivity index (χ2v) is 8.53. The highest BCUT2D eigenvalue weighted by Gasteiger charge is 2.24. The third-order valence-corrected chi connectivity index (χ3v) is 6.51. The second-order valence-electron chi connectivity index (χ2n) is 4.98. The molecule has 0 saturated carbocycles. The molecule has 0 spiro atoms. The minimum atomic E-state index is -4.47. The van der Waals surface area contributed by atoms with Gasteiger partial charge in [-0.3, -0.25) is 9.20 Å². The van der Waals surface area contributed by atoms with Gasteiger partial charge in [0, 0.05) is 17.6 Å². The van der Waals surface area contributed by atoms with Crippen molar-refractivity contribution in [3.63, 3.8) is 0 Å². The number of halogens is 2. The van der Waals surface area contributed by atoms with Gasteiger partial charge in [-0.2, -0.15) is 0 Å². The summed E-state index contributed by atoms with van der Waals surface area (Å²) in [5, 5.41) is 1.83. The average Bonchev–Trinajstić information content (AvgIpc) is 3.17. The molecule has 0 fully saturated rings. The number of benzene rings is 1. The predicted octanol–water partition coefficient (Wildman–Crippen LogP) is 3.01. The number of sulfonamides is 1. The second kappa shape index (κ2) is 5.58. The highest BCUT2D eigenvalue weighted by atomic mass is 32.2. The van der Waals surface area contributed by atoms with E-state index in [2.05, 4.69) is 4.98 Å². The monoisotopic (exact) mass is 399 g/mol. The maximum atomic E-state index is 13.7. The van der Waals surface area contributed by atoms with Crippen LogP contribution in [0, 0.1) is 11.6 Å². The normalized spacial score (nSPS) is 12.1. The van der Waals surface area contributed by atoms with Crippen LogP contribution < -0.4 is 4.72 Å². The molecular weight excluding hydrogens is 392 g/mol. The lowest BCUT2D eigenvalue weighted by molar-refractivity contribution is 0.0985. The van der Waals surface area contributed by atoms with Crippen molar-refractivity contribution in [1.29, 1.82) is 0 Å². The Morgan fingerprint density at radius 1 is 1.24 bits per heavy atom. The highest BCUT2D eigenvalue weighted by Crippen LogP contribution is 2.28. The summed E-state index contributed by atoms with van der Waals surface area (Å²) in [7, 11) is -4.47. The lowest BCUT2D eigenvalue weighted by atomic mass is 10.3. The first-order valence-corrected chi connectivity index (χ1v) is 9.90. The molecule has 3 heterocycles. The van der Waals surface area contributed by atoms with E-state index in [1.807, 2.05) is 5.38 Å². The number of amides is 1. The minimum Gasteiger partial charge on any atom is -0.289 e. The molecule has 0 aliphatic heterocycles. The number of imidazole rings is 1. The van der Waals surface area contributed by atoms with Crippen molar-refractivity contribution in [3.05, 3.63) is 52.4 Å². The van der Waals surface area contributed by atoms with Gasteiger partial charge >= 0.3 is 0 Å². The van der Waals surface area contributed by atoms with Gasteiger partial charge in [0.1, 0.15) is 21.4 Å². The van der Waals surface area contributed by atoms with Crippen LogP contribution in [0.4, 0.5) is 8.78 Å². The molecule has 6 nitrogen and oxygen atoms in total. The van der Waals surface area contributed by atoms with E-state index < -0.39 is 32.5 Å². The number of thiazole rings is 1. The fraction of sp³-hybridized carbons (Fsp3) is 0. The van der Waals surface area contributed by atoms with Crippen LogP contribution >= 0.6 is 22.7 Å². The molecule has 0 unspecified atom stereocenters. The maximum absolute atomic E-state index is 13.7. The number of hydrogen-bond donors (Lipinski definition) is 1. The van der Waals surface area contributed by atoms with Gasteiger partial charge in [-0.25, -0.2) is 26.9 Å². The van der Waals surface area contributed by atoms with E-state index in [0.717, 1.165) is 28.4 Å². The zero-order chi connectivity index (χ0) is 17.8. The van der Waals surface area contributed by atoms with Gasteiger partial charge < -0.3 is 0 Å². The van der Waals surface area contributed by atoms with Crippen LogP contribution in [-0.2, 0) is 10.0 Å². The van der Waals surface area contributed by atoms with E-state index in [1.54, 1.807) is 15.3 Å². The lowest BCUT2D eigenvalue weighted by Crippen LogP contribution is -2.30. The van der Waals surface area contributed by atoms with Gasteiger partial charge in [0.05, 0.1) is 10.4 Å². The van der Waals surface area contributed by atoms with Crippen LogP contribution in [0.15, 0.2) is 40.7 Å². The van der Waals surface area contributed by atoms with Crippen LogP contribution in [0.25, 0.3) is 15.3 Å². The van der Waals surface area contributed by atoms with E-state index in [-0.39, 0.29) is 4.88 Å². The molecular formula is C14H7F2N3O3S3. The Labute approximate surface area is 147 Å². The van der Waals surface area contributed by atoms with Crippen LogP contribution in [0.2, 0.25) is 0 Å². The average molecular weight is 399 g/mol. The third-order valence-electron chi connectivity index (χ3n) is 3.37. The highest BCUT2D eigenvalue weighted by molar-refractivity contribution is 7.90. The van der Waals surface area contributed by atoms with Crippen molar-refractivity contribution in [2.45, 2.75) is 4.90 Å². The van der Waals surface area contributed by atoms with Crippen molar-refractivity contribution >= 4 is 53.9 Å². The summed E-state index contributed by atoms with van der Waals surface area (Å²) < 4.78 is 54.5. The lowest BCUT2D eigenvalue weighted by Gasteiger charge is -2.06. The molecule has 0 aliphatic carbocycles. The molecule has 0 bridgehead atoms. The first-order chi connectivity index (χ1) is 11.8. The van der Waals surface area contributed by atoms with Crippen molar-refractivity contribution in [3.8, 4) is 0 Å². The fourth-order valence-corrected chi connectivity index (χ4v) is 5.07. The Kier molecular flexibility index (Phi) is 3.60. The molecule has 3 aromatic heterocycles. The van der Waals surface area contributed by atoms with E-state index in [1.165, 1.54) is 17.4 Å². The van der Waals surface area contributed by atoms with Crippen molar-refractivity contribution in [2.24, 2.45) is 0 Å². The number of carbonyl (C=O) groups is 1. The van der Waals surface area contributed by atoms with Gasteiger partial charge in [0.2, 0.25) is 0 Å². The van der Waals surface area contributed by atoms with Crippen LogP contribution in [0.1, 0.15) is 9.67 Å². The largest absolute Gasteiger partial charge is 0.289 e. The quantitative estimate of drug-likeness (QED) is 0.574. The van der Waals surface area contributed by atoms with Crippen molar-refractivity contribution in [2.75, 3.05) is 0 Å². The van der Waals surface area contributed by atoms with Crippen molar-refractivity contribution < 1.29 is 22.0 Å². The SMILES string of the molecule is O=C(NS(=O)(=O)c1ccc(F)cc1F)c1cc2c(nc3sccn32)s1. The van der Waals surface area contributed by atoms with Gasteiger partial charge in [-0.15, -0.1) is 22.7 Å². The minimum absolute atomic E-state index is 0.115. The molecule has 0 radical (unpaired) electrons. The van der Waals surface area contributed by atoms with Gasteiger partial charge in [-0.1, -0.05) is 0 Å². The summed E-state index contributed by atoms with van der Waals surface area (Å²) >= 11 is 2.45. The molecule has 11 heteroatoms. The Bertz CT molecular complexity index is 1240. The number of nitrogens with one attached hydrogen (secondary N) is 1. The summed E-state index contributed by atoms with van der Waals surface area (Å²) in [6.07, 6.45) is 1.79. The number of thiophene rings is 1. The van der Waals surface area contributed by atoms with E-state index in [0.29, 0.717) is 16.4 Å². The third kappa shape index (κ3) is 2.69. The fourth-order valence-electron chi connectivity index (χ4n) is 2.28.